The van der Waals surface area contributed by atoms with E-state index < -0.39 is 0 Å². The van der Waals surface area contributed by atoms with Crippen molar-refractivity contribution in [1.82, 2.24) is 5.32 Å². The Hall–Kier alpha value is -0.830. The molecular formula is C17H24BrNO. The second-order valence-electron chi connectivity index (χ2n) is 5.94. The lowest BCUT2D eigenvalue weighted by molar-refractivity contribution is 0.0921. The van der Waals surface area contributed by atoms with E-state index in [4.69, 9.17) is 0 Å². The van der Waals surface area contributed by atoms with Crippen molar-refractivity contribution in [1.29, 1.82) is 0 Å². The first-order valence-corrected chi connectivity index (χ1v) is 8.46. The molecule has 0 unspecified atom stereocenters. The van der Waals surface area contributed by atoms with Crippen LogP contribution in [0.2, 0.25) is 0 Å². The van der Waals surface area contributed by atoms with Gasteiger partial charge in [-0.15, -0.1) is 0 Å². The van der Waals surface area contributed by atoms with Crippen molar-refractivity contribution in [3.8, 4) is 0 Å². The van der Waals surface area contributed by atoms with Crippen LogP contribution in [0.1, 0.15) is 61.4 Å². The summed E-state index contributed by atoms with van der Waals surface area (Å²) < 4.78 is 0.997. The van der Waals surface area contributed by atoms with Gasteiger partial charge in [0, 0.05) is 16.1 Å². The molecule has 0 spiro atoms. The summed E-state index contributed by atoms with van der Waals surface area (Å²) in [7, 11) is 0. The van der Waals surface area contributed by atoms with Gasteiger partial charge in [-0.25, -0.2) is 0 Å². The average molecular weight is 338 g/mol. The summed E-state index contributed by atoms with van der Waals surface area (Å²) in [4.78, 5) is 12.3. The van der Waals surface area contributed by atoms with E-state index in [0.717, 1.165) is 34.4 Å². The van der Waals surface area contributed by atoms with Gasteiger partial charge >= 0.3 is 0 Å². The fourth-order valence-corrected chi connectivity index (χ4v) is 3.39. The van der Waals surface area contributed by atoms with Crippen LogP contribution < -0.4 is 5.32 Å². The molecule has 1 aromatic rings. The summed E-state index contributed by atoms with van der Waals surface area (Å²) >= 11 is 3.48. The van der Waals surface area contributed by atoms with Crippen LogP contribution in [-0.2, 0) is 0 Å². The Balaban J connectivity index is 1.87. The van der Waals surface area contributed by atoms with E-state index in [1.54, 1.807) is 0 Å². The molecule has 1 aromatic carbocycles. The molecular weight excluding hydrogens is 314 g/mol. The zero-order chi connectivity index (χ0) is 14.5. The normalized spacial score (nSPS) is 22.6. The Morgan fingerprint density at radius 3 is 2.60 bits per heavy atom. The molecule has 2 nitrogen and oxygen atoms in total. The van der Waals surface area contributed by atoms with Gasteiger partial charge < -0.3 is 5.32 Å². The number of benzene rings is 1. The highest BCUT2D eigenvalue weighted by Crippen LogP contribution is 2.28. The van der Waals surface area contributed by atoms with Crippen molar-refractivity contribution in [3.05, 3.63) is 33.8 Å². The number of amides is 1. The van der Waals surface area contributed by atoms with Crippen LogP contribution >= 0.6 is 15.9 Å². The van der Waals surface area contributed by atoms with E-state index in [1.165, 1.54) is 25.7 Å². The van der Waals surface area contributed by atoms with Gasteiger partial charge in [0.2, 0.25) is 0 Å². The van der Waals surface area contributed by atoms with Gasteiger partial charge in [-0.2, -0.15) is 0 Å². The van der Waals surface area contributed by atoms with Crippen LogP contribution in [0.3, 0.4) is 0 Å². The Kier molecular flexibility index (Phi) is 5.64. The largest absolute Gasteiger partial charge is 0.349 e. The molecule has 0 aliphatic heterocycles. The Labute approximate surface area is 130 Å². The monoisotopic (exact) mass is 337 g/mol. The smallest absolute Gasteiger partial charge is 0.251 e. The third-order valence-electron chi connectivity index (χ3n) is 4.31. The fourth-order valence-electron chi connectivity index (χ4n) is 3.01. The highest BCUT2D eigenvalue weighted by molar-refractivity contribution is 9.10. The molecule has 0 atom stereocenters. The maximum Gasteiger partial charge on any atom is 0.251 e. The second kappa shape index (κ2) is 7.26. The van der Waals surface area contributed by atoms with E-state index in [-0.39, 0.29) is 5.91 Å². The number of hydrogen-bond donors (Lipinski definition) is 1. The number of carbonyl (C=O) groups is 1. The minimum absolute atomic E-state index is 0.0599. The van der Waals surface area contributed by atoms with Crippen molar-refractivity contribution in [2.24, 2.45) is 5.92 Å². The molecule has 1 saturated carbocycles. The zero-order valence-electron chi connectivity index (χ0n) is 12.4. The number of aryl methyl sites for hydroxylation is 1. The summed E-state index contributed by atoms with van der Waals surface area (Å²) in [5.41, 5.74) is 1.90. The van der Waals surface area contributed by atoms with E-state index in [2.05, 4.69) is 28.2 Å². The van der Waals surface area contributed by atoms with Gasteiger partial charge in [-0.1, -0.05) is 41.8 Å². The molecule has 1 aliphatic rings. The molecule has 0 heterocycles. The van der Waals surface area contributed by atoms with Crippen LogP contribution in [0.15, 0.2) is 22.7 Å². The van der Waals surface area contributed by atoms with Crippen molar-refractivity contribution in [3.63, 3.8) is 0 Å². The minimum Gasteiger partial charge on any atom is -0.349 e. The first kappa shape index (κ1) is 15.6. The highest BCUT2D eigenvalue weighted by atomic mass is 79.9. The van der Waals surface area contributed by atoms with Crippen molar-refractivity contribution in [2.75, 3.05) is 0 Å². The zero-order valence-corrected chi connectivity index (χ0v) is 14.0. The van der Waals surface area contributed by atoms with Crippen LogP contribution in [0.5, 0.6) is 0 Å². The van der Waals surface area contributed by atoms with Crippen molar-refractivity contribution < 1.29 is 4.79 Å². The van der Waals surface area contributed by atoms with E-state index in [9.17, 15) is 4.79 Å². The molecule has 2 rings (SSSR count). The molecule has 1 N–H and O–H groups in total. The molecule has 0 aromatic heterocycles. The number of carbonyl (C=O) groups excluding carboxylic acids is 1. The van der Waals surface area contributed by atoms with E-state index in [0.29, 0.717) is 6.04 Å². The van der Waals surface area contributed by atoms with Crippen LogP contribution in [-0.4, -0.2) is 11.9 Å². The van der Waals surface area contributed by atoms with Gasteiger partial charge in [-0.05, 0) is 56.2 Å². The lowest BCUT2D eigenvalue weighted by Crippen LogP contribution is -2.37. The lowest BCUT2D eigenvalue weighted by Gasteiger charge is -2.29. The van der Waals surface area contributed by atoms with Gasteiger partial charge in [0.1, 0.15) is 0 Å². The van der Waals surface area contributed by atoms with Crippen LogP contribution in [0.4, 0.5) is 0 Å². The predicted octanol–water partition coefficient (Wildman–Crippen LogP) is 4.85. The first-order chi connectivity index (χ1) is 9.60. The van der Waals surface area contributed by atoms with Gasteiger partial charge in [0.25, 0.3) is 5.91 Å². The maximum atomic E-state index is 12.3. The first-order valence-electron chi connectivity index (χ1n) is 7.67. The third-order valence-corrected chi connectivity index (χ3v) is 5.17. The van der Waals surface area contributed by atoms with Gasteiger partial charge in [0.15, 0.2) is 0 Å². The number of halogens is 1. The molecule has 3 heteroatoms. The van der Waals surface area contributed by atoms with E-state index in [1.807, 2.05) is 25.1 Å². The summed E-state index contributed by atoms with van der Waals surface area (Å²) in [5, 5.41) is 3.18. The molecule has 20 heavy (non-hydrogen) atoms. The minimum atomic E-state index is 0.0599. The molecule has 1 aliphatic carbocycles. The summed E-state index contributed by atoms with van der Waals surface area (Å²) in [6.07, 6.45) is 7.39. The number of nitrogens with one attached hydrogen (secondary N) is 1. The Morgan fingerprint density at radius 2 is 2.00 bits per heavy atom. The number of hydrogen-bond acceptors (Lipinski definition) is 1. The second-order valence-corrected chi connectivity index (χ2v) is 6.80. The van der Waals surface area contributed by atoms with Gasteiger partial charge in [-0.3, -0.25) is 4.79 Å². The molecule has 1 fully saturated rings. The SMILES string of the molecule is CCCC1CCC(NC(=O)c2ccc(C)c(Br)c2)CC1. The van der Waals surface area contributed by atoms with E-state index >= 15 is 0 Å². The molecule has 0 radical (unpaired) electrons. The predicted molar refractivity (Wildman–Crippen MR) is 87.0 cm³/mol. The van der Waals surface area contributed by atoms with Crippen molar-refractivity contribution in [2.45, 2.75) is 58.4 Å². The molecule has 110 valence electrons. The van der Waals surface area contributed by atoms with Crippen LogP contribution in [0.25, 0.3) is 0 Å². The summed E-state index contributed by atoms with van der Waals surface area (Å²) in [6, 6.07) is 6.15. The number of rotatable bonds is 4. The Bertz CT molecular complexity index is 464. The lowest BCUT2D eigenvalue weighted by atomic mass is 9.83. The Morgan fingerprint density at radius 1 is 1.30 bits per heavy atom. The molecule has 1 amide bonds. The maximum absolute atomic E-state index is 12.3. The quantitative estimate of drug-likeness (QED) is 0.836. The average Bonchev–Trinajstić information content (AvgIpc) is 2.44. The summed E-state index contributed by atoms with van der Waals surface area (Å²) in [6.45, 7) is 4.28. The van der Waals surface area contributed by atoms with Crippen LogP contribution in [0, 0.1) is 12.8 Å². The third kappa shape index (κ3) is 4.08. The molecule has 0 saturated heterocycles. The summed E-state index contributed by atoms with van der Waals surface area (Å²) in [5.74, 6) is 0.936. The fraction of sp³-hybridized carbons (Fsp3) is 0.588. The standard InChI is InChI=1S/C17H24BrNO/c1-3-4-13-6-9-15(10-7-13)19-17(20)14-8-5-12(2)16(18)11-14/h5,8,11,13,15H,3-4,6-7,9-10H2,1-2H3,(H,19,20). The van der Waals surface area contributed by atoms with Crippen molar-refractivity contribution >= 4 is 21.8 Å². The van der Waals surface area contributed by atoms with Gasteiger partial charge in [0.05, 0.1) is 0 Å². The highest BCUT2D eigenvalue weighted by Gasteiger charge is 2.22. The molecule has 0 bridgehead atoms. The topological polar surface area (TPSA) is 29.1 Å².